The van der Waals surface area contributed by atoms with Gasteiger partial charge in [-0.2, -0.15) is 18.2 Å². The van der Waals surface area contributed by atoms with Crippen LogP contribution >= 0.6 is 0 Å². The monoisotopic (exact) mass is 406 g/mol. The quantitative estimate of drug-likeness (QED) is 0.617. The van der Waals surface area contributed by atoms with Crippen molar-refractivity contribution in [2.75, 3.05) is 24.8 Å². The van der Waals surface area contributed by atoms with Gasteiger partial charge in [0.2, 0.25) is 5.88 Å². The fourth-order valence-corrected chi connectivity index (χ4v) is 2.89. The fraction of sp³-hybridized carbons (Fsp3) is 0.250. The van der Waals surface area contributed by atoms with E-state index in [0.717, 1.165) is 11.4 Å². The Labute approximate surface area is 166 Å². The van der Waals surface area contributed by atoms with Gasteiger partial charge >= 0.3 is 6.18 Å². The van der Waals surface area contributed by atoms with Gasteiger partial charge < -0.3 is 25.1 Å². The third-order valence-corrected chi connectivity index (χ3v) is 4.26. The predicted molar refractivity (Wildman–Crippen MR) is 105 cm³/mol. The molecule has 3 N–H and O–H groups in total. The van der Waals surface area contributed by atoms with Gasteiger partial charge in [-0.1, -0.05) is 0 Å². The maximum atomic E-state index is 12.6. The molecule has 1 aromatic carbocycles. The van der Waals surface area contributed by atoms with Gasteiger partial charge in [0, 0.05) is 23.1 Å². The lowest BCUT2D eigenvalue weighted by molar-refractivity contribution is -0.154. The number of nitrogens with zero attached hydrogens (tertiary/aromatic N) is 2. The first kappa shape index (κ1) is 20.4. The van der Waals surface area contributed by atoms with Gasteiger partial charge in [-0.05, 0) is 50.2 Å². The second kappa shape index (κ2) is 7.94. The fourth-order valence-electron chi connectivity index (χ4n) is 2.89. The Balaban J connectivity index is 2.04. The van der Waals surface area contributed by atoms with E-state index in [4.69, 9.17) is 15.2 Å². The van der Waals surface area contributed by atoms with Crippen molar-refractivity contribution in [1.29, 1.82) is 0 Å². The number of nitrogens with one attached hydrogen (secondary N) is 1. The van der Waals surface area contributed by atoms with Crippen LogP contribution in [0.2, 0.25) is 0 Å². The van der Waals surface area contributed by atoms with Crippen molar-refractivity contribution in [1.82, 2.24) is 9.55 Å². The molecule has 0 aliphatic rings. The summed E-state index contributed by atoms with van der Waals surface area (Å²) in [7, 11) is 1.55. The maximum Gasteiger partial charge on any atom is 0.422 e. The topological polar surface area (TPSA) is 74.3 Å². The minimum atomic E-state index is -4.48. The number of nitrogens with two attached hydrogens (primary N) is 1. The van der Waals surface area contributed by atoms with Crippen LogP contribution in [0.5, 0.6) is 11.6 Å². The third kappa shape index (κ3) is 4.74. The maximum absolute atomic E-state index is 12.6. The minimum absolute atomic E-state index is 0.185. The van der Waals surface area contributed by atoms with Gasteiger partial charge in [-0.25, -0.2) is 0 Å². The molecule has 9 heteroatoms. The van der Waals surface area contributed by atoms with Crippen LogP contribution in [0, 0.1) is 13.8 Å². The molecule has 0 atom stereocenters. The van der Waals surface area contributed by atoms with Crippen LogP contribution in [0.1, 0.15) is 11.4 Å². The number of benzene rings is 1. The largest absolute Gasteiger partial charge is 0.497 e. The molecule has 0 unspecified atom stereocenters. The zero-order chi connectivity index (χ0) is 21.2. The van der Waals surface area contributed by atoms with E-state index in [2.05, 4.69) is 10.3 Å². The molecule has 0 aliphatic carbocycles. The van der Waals surface area contributed by atoms with E-state index in [1.165, 1.54) is 6.07 Å². The molecule has 0 spiro atoms. The van der Waals surface area contributed by atoms with E-state index in [0.29, 0.717) is 17.1 Å². The number of anilines is 3. The predicted octanol–water partition coefficient (Wildman–Crippen LogP) is 4.76. The van der Waals surface area contributed by atoms with Gasteiger partial charge in [0.05, 0.1) is 18.5 Å². The zero-order valence-corrected chi connectivity index (χ0v) is 16.2. The van der Waals surface area contributed by atoms with Gasteiger partial charge in [0.15, 0.2) is 12.4 Å². The number of methoxy groups -OCH3 is 1. The summed E-state index contributed by atoms with van der Waals surface area (Å²) in [5.74, 6) is 0.672. The highest BCUT2D eigenvalue weighted by Gasteiger charge is 2.29. The smallest absolute Gasteiger partial charge is 0.422 e. The van der Waals surface area contributed by atoms with E-state index in [9.17, 15) is 13.2 Å². The molecule has 6 nitrogen and oxygen atoms in total. The number of aromatic nitrogens is 2. The number of halogens is 3. The Morgan fingerprint density at radius 3 is 2.24 bits per heavy atom. The van der Waals surface area contributed by atoms with Gasteiger partial charge in [0.25, 0.3) is 0 Å². The van der Waals surface area contributed by atoms with E-state index >= 15 is 0 Å². The number of alkyl halides is 3. The van der Waals surface area contributed by atoms with Crippen LogP contribution in [-0.2, 0) is 0 Å². The van der Waals surface area contributed by atoms with Gasteiger partial charge in [-0.15, -0.1) is 0 Å². The molecule has 29 heavy (non-hydrogen) atoms. The number of rotatable bonds is 6. The first-order chi connectivity index (χ1) is 13.7. The van der Waals surface area contributed by atoms with E-state index in [1.807, 2.05) is 30.5 Å². The molecule has 3 aromatic rings. The number of ether oxygens (including phenoxy) is 2. The third-order valence-electron chi connectivity index (χ3n) is 4.26. The molecule has 0 bridgehead atoms. The summed E-state index contributed by atoms with van der Waals surface area (Å²) in [5, 5.41) is 3.04. The van der Waals surface area contributed by atoms with Crippen molar-refractivity contribution in [2.24, 2.45) is 0 Å². The van der Waals surface area contributed by atoms with Gasteiger partial charge in [-0.3, -0.25) is 0 Å². The summed E-state index contributed by atoms with van der Waals surface area (Å²) in [6.45, 7) is 2.30. The summed E-state index contributed by atoms with van der Waals surface area (Å²) in [5.41, 5.74) is 9.47. The first-order valence-corrected chi connectivity index (χ1v) is 8.74. The van der Waals surface area contributed by atoms with Crippen molar-refractivity contribution >= 4 is 17.2 Å². The van der Waals surface area contributed by atoms with E-state index < -0.39 is 12.8 Å². The zero-order valence-electron chi connectivity index (χ0n) is 16.2. The number of hydrogen-bond donors (Lipinski definition) is 2. The number of pyridine rings is 1. The standard InChI is InChI=1S/C20H21F3N4O2/c1-12-4-5-13(2)27(12)16-10-17(29-11-20(21,22)23)26-19(18(16)24)25-14-6-8-15(28-3)9-7-14/h4-10H,11,24H2,1-3H3,(H,25,26). The first-order valence-electron chi connectivity index (χ1n) is 8.74. The minimum Gasteiger partial charge on any atom is -0.497 e. The van der Waals surface area contributed by atoms with Crippen molar-refractivity contribution < 1.29 is 22.6 Å². The van der Waals surface area contributed by atoms with E-state index in [1.54, 1.807) is 31.4 Å². The van der Waals surface area contributed by atoms with Crippen LogP contribution < -0.4 is 20.5 Å². The van der Waals surface area contributed by atoms with Crippen molar-refractivity contribution in [3.63, 3.8) is 0 Å². The molecule has 0 amide bonds. The number of nitrogen functional groups attached to an aromatic ring is 1. The molecular weight excluding hydrogens is 385 g/mol. The summed E-state index contributed by atoms with van der Waals surface area (Å²) in [6, 6.07) is 12.2. The number of hydrogen-bond acceptors (Lipinski definition) is 5. The van der Waals surface area contributed by atoms with Crippen LogP contribution in [-0.4, -0.2) is 29.4 Å². The highest BCUT2D eigenvalue weighted by Crippen LogP contribution is 2.33. The molecule has 0 saturated carbocycles. The molecule has 0 aliphatic heterocycles. The SMILES string of the molecule is COc1ccc(Nc2nc(OCC(F)(F)F)cc(-n3c(C)ccc3C)c2N)cc1. The summed E-state index contributed by atoms with van der Waals surface area (Å²) >= 11 is 0. The highest BCUT2D eigenvalue weighted by atomic mass is 19.4. The summed E-state index contributed by atoms with van der Waals surface area (Å²) in [4.78, 5) is 4.14. The molecular formula is C20H21F3N4O2. The second-order valence-electron chi connectivity index (χ2n) is 6.45. The molecule has 2 heterocycles. The normalized spacial score (nSPS) is 11.4. The molecule has 0 radical (unpaired) electrons. The van der Waals surface area contributed by atoms with Crippen LogP contribution in [0.4, 0.5) is 30.4 Å². The van der Waals surface area contributed by atoms with Crippen molar-refractivity contribution in [2.45, 2.75) is 20.0 Å². The number of aryl methyl sites for hydroxylation is 2. The van der Waals surface area contributed by atoms with Gasteiger partial charge in [0.1, 0.15) is 5.75 Å². The highest BCUT2D eigenvalue weighted by molar-refractivity contribution is 5.77. The lowest BCUT2D eigenvalue weighted by Crippen LogP contribution is -2.20. The molecule has 2 aromatic heterocycles. The Bertz CT molecular complexity index is 979. The van der Waals surface area contributed by atoms with Crippen molar-refractivity contribution in [3.8, 4) is 17.3 Å². The lowest BCUT2D eigenvalue weighted by atomic mass is 10.2. The summed E-state index contributed by atoms with van der Waals surface area (Å²) in [6.07, 6.45) is -4.48. The summed E-state index contributed by atoms with van der Waals surface area (Å²) < 4.78 is 49.7. The Morgan fingerprint density at radius 2 is 1.69 bits per heavy atom. The molecule has 3 rings (SSSR count). The Kier molecular flexibility index (Phi) is 5.58. The Morgan fingerprint density at radius 1 is 1.07 bits per heavy atom. The average Bonchev–Trinajstić information content (AvgIpc) is 3.00. The average molecular weight is 406 g/mol. The Hall–Kier alpha value is -3.36. The lowest BCUT2D eigenvalue weighted by Gasteiger charge is -2.18. The van der Waals surface area contributed by atoms with Crippen molar-refractivity contribution in [3.05, 3.63) is 53.9 Å². The van der Waals surface area contributed by atoms with Crippen LogP contribution in [0.25, 0.3) is 5.69 Å². The second-order valence-corrected chi connectivity index (χ2v) is 6.45. The molecule has 0 saturated heterocycles. The molecule has 0 fully saturated rings. The van der Waals surface area contributed by atoms with Crippen LogP contribution in [0.3, 0.4) is 0 Å². The van der Waals surface area contributed by atoms with Crippen LogP contribution in [0.15, 0.2) is 42.5 Å². The van der Waals surface area contributed by atoms with E-state index in [-0.39, 0.29) is 17.4 Å². The molecule has 154 valence electrons.